The molecule has 1 aliphatic carbocycles. The van der Waals surface area contributed by atoms with Crippen molar-refractivity contribution in [2.75, 3.05) is 19.8 Å². The Hall–Kier alpha value is -1.65. The molecule has 0 aromatic heterocycles. The molecule has 1 amide bonds. The Morgan fingerprint density at radius 3 is 2.68 bits per heavy atom. The van der Waals surface area contributed by atoms with Crippen LogP contribution in [0.2, 0.25) is 0 Å². The Labute approximate surface area is 151 Å². The number of nitrogens with one attached hydrogen (secondary N) is 1. The Balaban J connectivity index is 1.73. The fourth-order valence-electron chi connectivity index (χ4n) is 2.98. The van der Waals surface area contributed by atoms with E-state index in [0.717, 1.165) is 29.9 Å². The van der Waals surface area contributed by atoms with Crippen LogP contribution in [0.4, 0.5) is 0 Å². The van der Waals surface area contributed by atoms with Crippen molar-refractivity contribution in [3.63, 3.8) is 0 Å². The van der Waals surface area contributed by atoms with Gasteiger partial charge in [0.1, 0.15) is 0 Å². The molecule has 2 rings (SSSR count). The van der Waals surface area contributed by atoms with Gasteiger partial charge in [0.05, 0.1) is 19.8 Å². The summed E-state index contributed by atoms with van der Waals surface area (Å²) in [6.07, 6.45) is 6.31. The van der Waals surface area contributed by atoms with Crippen LogP contribution in [0, 0.1) is 5.92 Å². The summed E-state index contributed by atoms with van der Waals surface area (Å²) in [6.45, 7) is 7.31. The summed E-state index contributed by atoms with van der Waals surface area (Å²) in [7, 11) is 0. The minimum Gasteiger partial charge on any atom is -0.379 e. The molecule has 1 fully saturated rings. The molecule has 0 bridgehead atoms. The van der Waals surface area contributed by atoms with E-state index in [9.17, 15) is 4.79 Å². The maximum Gasteiger partial charge on any atom is 0.244 e. The topological polar surface area (TPSA) is 47.6 Å². The molecule has 1 aromatic rings. The molecule has 4 nitrogen and oxygen atoms in total. The van der Waals surface area contributed by atoms with Gasteiger partial charge in [0, 0.05) is 19.2 Å². The van der Waals surface area contributed by atoms with Crippen LogP contribution >= 0.6 is 0 Å². The van der Waals surface area contributed by atoms with Crippen molar-refractivity contribution in [1.82, 2.24) is 5.32 Å². The van der Waals surface area contributed by atoms with Crippen molar-refractivity contribution in [1.29, 1.82) is 0 Å². The first-order valence-corrected chi connectivity index (χ1v) is 9.38. The molecular weight excluding hydrogens is 314 g/mol. The van der Waals surface area contributed by atoms with Crippen LogP contribution in [0.25, 0.3) is 0 Å². The van der Waals surface area contributed by atoms with Gasteiger partial charge in [0.15, 0.2) is 0 Å². The molecule has 0 aliphatic heterocycles. The standard InChI is InChI=1S/C21H31NO3/c1-3-24-11-12-25-16-20-6-4-5-19(13-20)15-22-21(23)14-18-9-7-17(2)8-10-18/h4-6,13-14,17H,3,7-12,15-16H2,1-2H3,(H,22,23). The first-order chi connectivity index (χ1) is 12.2. The lowest BCUT2D eigenvalue weighted by Gasteiger charge is -2.19. The predicted molar refractivity (Wildman–Crippen MR) is 100 cm³/mol. The second-order valence-corrected chi connectivity index (χ2v) is 6.77. The monoisotopic (exact) mass is 345 g/mol. The summed E-state index contributed by atoms with van der Waals surface area (Å²) in [5.41, 5.74) is 3.49. The van der Waals surface area contributed by atoms with Gasteiger partial charge in [-0.2, -0.15) is 0 Å². The van der Waals surface area contributed by atoms with E-state index in [1.807, 2.05) is 25.1 Å². The minimum atomic E-state index is 0.0166. The highest BCUT2D eigenvalue weighted by atomic mass is 16.5. The maximum atomic E-state index is 12.1. The Morgan fingerprint density at radius 1 is 1.20 bits per heavy atom. The summed E-state index contributed by atoms with van der Waals surface area (Å²) in [5, 5.41) is 2.99. The Morgan fingerprint density at radius 2 is 1.92 bits per heavy atom. The third kappa shape index (κ3) is 7.84. The van der Waals surface area contributed by atoms with E-state index in [0.29, 0.717) is 33.0 Å². The van der Waals surface area contributed by atoms with Gasteiger partial charge in [-0.05, 0) is 49.7 Å². The zero-order chi connectivity index (χ0) is 17.9. The maximum absolute atomic E-state index is 12.1. The van der Waals surface area contributed by atoms with Crippen molar-refractivity contribution in [2.24, 2.45) is 5.92 Å². The normalized spacial score (nSPS) is 17.4. The van der Waals surface area contributed by atoms with Crippen LogP contribution in [-0.2, 0) is 27.4 Å². The molecule has 1 aromatic carbocycles. The average Bonchev–Trinajstić information content (AvgIpc) is 2.62. The lowest BCUT2D eigenvalue weighted by Crippen LogP contribution is -2.21. The first-order valence-electron chi connectivity index (χ1n) is 9.38. The zero-order valence-electron chi connectivity index (χ0n) is 15.6. The lowest BCUT2D eigenvalue weighted by atomic mass is 9.87. The SMILES string of the molecule is CCOCCOCc1cccc(CNC(=O)C=C2CCC(C)CC2)c1. The van der Waals surface area contributed by atoms with Gasteiger partial charge in [-0.3, -0.25) is 4.79 Å². The third-order valence-electron chi connectivity index (χ3n) is 4.55. The molecule has 0 spiro atoms. The second-order valence-electron chi connectivity index (χ2n) is 6.77. The summed E-state index contributed by atoms with van der Waals surface area (Å²) >= 11 is 0. The van der Waals surface area contributed by atoms with Crippen molar-refractivity contribution in [2.45, 2.75) is 52.7 Å². The van der Waals surface area contributed by atoms with Crippen LogP contribution in [0.3, 0.4) is 0 Å². The number of carbonyl (C=O) groups is 1. The highest BCUT2D eigenvalue weighted by Gasteiger charge is 2.13. The van der Waals surface area contributed by atoms with Crippen LogP contribution < -0.4 is 5.32 Å². The van der Waals surface area contributed by atoms with E-state index in [1.54, 1.807) is 6.08 Å². The van der Waals surface area contributed by atoms with Gasteiger partial charge in [0.25, 0.3) is 0 Å². The predicted octanol–water partition coefficient (Wildman–Crippen LogP) is 3.99. The molecule has 0 unspecified atom stereocenters. The molecular formula is C21H31NO3. The number of benzene rings is 1. The number of ether oxygens (including phenoxy) is 2. The quantitative estimate of drug-likeness (QED) is 0.544. The number of carbonyl (C=O) groups excluding carboxylic acids is 1. The molecule has 0 radical (unpaired) electrons. The van der Waals surface area contributed by atoms with Crippen LogP contribution in [-0.4, -0.2) is 25.7 Å². The summed E-state index contributed by atoms with van der Waals surface area (Å²) < 4.78 is 10.8. The van der Waals surface area contributed by atoms with Crippen LogP contribution in [0.5, 0.6) is 0 Å². The molecule has 1 N–H and O–H groups in total. The van der Waals surface area contributed by atoms with Gasteiger partial charge in [-0.1, -0.05) is 36.8 Å². The molecule has 4 heteroatoms. The van der Waals surface area contributed by atoms with Gasteiger partial charge in [-0.25, -0.2) is 0 Å². The fraction of sp³-hybridized carbons (Fsp3) is 0.571. The van der Waals surface area contributed by atoms with E-state index in [2.05, 4.69) is 18.3 Å². The number of hydrogen-bond acceptors (Lipinski definition) is 3. The molecule has 0 heterocycles. The molecule has 1 aliphatic rings. The fourth-order valence-corrected chi connectivity index (χ4v) is 2.98. The number of allylic oxidation sites excluding steroid dienone is 1. The highest BCUT2D eigenvalue weighted by Crippen LogP contribution is 2.27. The summed E-state index contributed by atoms with van der Waals surface area (Å²) in [5.74, 6) is 0.807. The van der Waals surface area contributed by atoms with E-state index in [-0.39, 0.29) is 5.91 Å². The lowest BCUT2D eigenvalue weighted by molar-refractivity contribution is -0.116. The zero-order valence-corrected chi connectivity index (χ0v) is 15.6. The first kappa shape index (κ1) is 19.7. The largest absolute Gasteiger partial charge is 0.379 e. The third-order valence-corrected chi connectivity index (χ3v) is 4.55. The highest BCUT2D eigenvalue weighted by molar-refractivity contribution is 5.88. The van der Waals surface area contributed by atoms with Crippen molar-refractivity contribution in [3.8, 4) is 0 Å². The van der Waals surface area contributed by atoms with Gasteiger partial charge >= 0.3 is 0 Å². The molecule has 0 atom stereocenters. The summed E-state index contributed by atoms with van der Waals surface area (Å²) in [4.78, 5) is 12.1. The van der Waals surface area contributed by atoms with Crippen molar-refractivity contribution < 1.29 is 14.3 Å². The van der Waals surface area contributed by atoms with Gasteiger partial charge in [-0.15, -0.1) is 0 Å². The summed E-state index contributed by atoms with van der Waals surface area (Å²) in [6, 6.07) is 8.15. The van der Waals surface area contributed by atoms with Crippen LogP contribution in [0.1, 0.15) is 50.7 Å². The van der Waals surface area contributed by atoms with E-state index < -0.39 is 0 Å². The number of amides is 1. The molecule has 138 valence electrons. The molecule has 25 heavy (non-hydrogen) atoms. The van der Waals surface area contributed by atoms with E-state index >= 15 is 0 Å². The molecule has 0 saturated heterocycles. The van der Waals surface area contributed by atoms with Gasteiger partial charge in [0.2, 0.25) is 5.91 Å². The Kier molecular flexibility index (Phi) is 8.70. The minimum absolute atomic E-state index is 0.0166. The van der Waals surface area contributed by atoms with Crippen molar-refractivity contribution in [3.05, 3.63) is 47.0 Å². The smallest absolute Gasteiger partial charge is 0.244 e. The second kappa shape index (κ2) is 11.1. The van der Waals surface area contributed by atoms with Gasteiger partial charge < -0.3 is 14.8 Å². The van der Waals surface area contributed by atoms with E-state index in [4.69, 9.17) is 9.47 Å². The van der Waals surface area contributed by atoms with Crippen molar-refractivity contribution >= 4 is 5.91 Å². The average molecular weight is 345 g/mol. The number of rotatable bonds is 9. The number of hydrogen-bond donors (Lipinski definition) is 1. The van der Waals surface area contributed by atoms with E-state index in [1.165, 1.54) is 18.4 Å². The molecule has 1 saturated carbocycles. The Bertz CT molecular complexity index is 558. The van der Waals surface area contributed by atoms with Crippen LogP contribution in [0.15, 0.2) is 35.9 Å².